The molecule has 0 aliphatic rings. The highest BCUT2D eigenvalue weighted by Gasteiger charge is 2.30. The quantitative estimate of drug-likeness (QED) is 0.279. The number of ether oxygens (including phenoxy) is 1. The first-order chi connectivity index (χ1) is 16.3. The van der Waals surface area contributed by atoms with Crippen LogP contribution in [0.1, 0.15) is 34.4 Å². The van der Waals surface area contributed by atoms with Crippen LogP contribution < -0.4 is 4.74 Å². The molecule has 0 saturated heterocycles. The number of thioether (sulfide) groups is 1. The molecule has 4 aromatic rings. The summed E-state index contributed by atoms with van der Waals surface area (Å²) in [4.78, 5) is 11.7. The number of nitrogens with one attached hydrogen (secondary N) is 1. The van der Waals surface area contributed by atoms with Crippen molar-refractivity contribution < 1.29 is 27.8 Å². The number of carboxylic acid groups (broad SMARTS) is 1. The van der Waals surface area contributed by atoms with Gasteiger partial charge in [0, 0.05) is 10.3 Å². The standard InChI is InChI=1S/C25H21F3N2O3S/c1-2-15-12-18(10-11-22(15)33-14-23(31)32)34-24(16-6-8-17(9-7-16)25(26,27)28)19-4-3-5-21-20(19)13-29-30-21/h3-13,24H,2,14H2,1H3,(H,29,30)(H,31,32). The number of H-pyrrole nitrogens is 1. The predicted octanol–water partition coefficient (Wildman–Crippen LogP) is 6.49. The molecule has 4 rings (SSSR count). The molecule has 3 aromatic carbocycles. The van der Waals surface area contributed by atoms with Gasteiger partial charge in [-0.05, 0) is 59.5 Å². The summed E-state index contributed by atoms with van der Waals surface area (Å²) in [5.41, 5.74) is 2.62. The number of aryl methyl sites for hydroxylation is 1. The van der Waals surface area contributed by atoms with E-state index in [1.54, 1.807) is 12.3 Å². The van der Waals surface area contributed by atoms with E-state index in [0.29, 0.717) is 12.2 Å². The molecule has 0 aliphatic heterocycles. The topological polar surface area (TPSA) is 75.2 Å². The number of aromatic nitrogens is 2. The smallest absolute Gasteiger partial charge is 0.416 e. The van der Waals surface area contributed by atoms with Crippen molar-refractivity contribution in [3.8, 4) is 5.75 Å². The average molecular weight is 487 g/mol. The number of hydrogen-bond donors (Lipinski definition) is 2. The second-order valence-corrected chi connectivity index (χ2v) is 8.78. The van der Waals surface area contributed by atoms with E-state index in [1.165, 1.54) is 23.9 Å². The number of aliphatic carboxylic acids is 1. The van der Waals surface area contributed by atoms with Crippen LogP contribution in [0.4, 0.5) is 13.2 Å². The second kappa shape index (κ2) is 9.80. The Bertz CT molecular complexity index is 1300. The van der Waals surface area contributed by atoms with Gasteiger partial charge in [0.05, 0.1) is 22.5 Å². The van der Waals surface area contributed by atoms with Crippen molar-refractivity contribution in [3.05, 3.63) is 89.1 Å². The minimum Gasteiger partial charge on any atom is -0.482 e. The largest absolute Gasteiger partial charge is 0.482 e. The van der Waals surface area contributed by atoms with Crippen LogP contribution in [0.25, 0.3) is 10.9 Å². The Morgan fingerprint density at radius 1 is 1.15 bits per heavy atom. The van der Waals surface area contributed by atoms with Crippen molar-refractivity contribution in [2.24, 2.45) is 0 Å². The van der Waals surface area contributed by atoms with Gasteiger partial charge in [0.25, 0.3) is 0 Å². The predicted molar refractivity (Wildman–Crippen MR) is 124 cm³/mol. The summed E-state index contributed by atoms with van der Waals surface area (Å²) in [5, 5.41) is 16.5. The van der Waals surface area contributed by atoms with Crippen molar-refractivity contribution in [3.63, 3.8) is 0 Å². The van der Waals surface area contributed by atoms with Gasteiger partial charge < -0.3 is 9.84 Å². The summed E-state index contributed by atoms with van der Waals surface area (Å²) in [5.74, 6) is -0.562. The maximum absolute atomic E-state index is 13.1. The highest BCUT2D eigenvalue weighted by Crippen LogP contribution is 2.44. The summed E-state index contributed by atoms with van der Waals surface area (Å²) < 4.78 is 44.8. The highest BCUT2D eigenvalue weighted by molar-refractivity contribution is 7.99. The number of benzene rings is 3. The summed E-state index contributed by atoms with van der Waals surface area (Å²) in [6.07, 6.45) is -2.07. The Labute approximate surface area is 198 Å². The van der Waals surface area contributed by atoms with Crippen LogP contribution in [0.3, 0.4) is 0 Å². The first-order valence-corrected chi connectivity index (χ1v) is 11.4. The number of alkyl halides is 3. The van der Waals surface area contributed by atoms with Crippen molar-refractivity contribution in [1.82, 2.24) is 10.2 Å². The molecule has 1 aromatic heterocycles. The van der Waals surface area contributed by atoms with E-state index in [9.17, 15) is 18.0 Å². The molecular formula is C25H21F3N2O3S. The van der Waals surface area contributed by atoms with E-state index in [4.69, 9.17) is 9.84 Å². The van der Waals surface area contributed by atoms with Gasteiger partial charge in [-0.3, -0.25) is 5.10 Å². The van der Waals surface area contributed by atoms with Gasteiger partial charge in [-0.2, -0.15) is 18.3 Å². The number of nitrogens with zero attached hydrogens (tertiary/aromatic N) is 1. The van der Waals surface area contributed by atoms with Gasteiger partial charge in [-0.1, -0.05) is 31.2 Å². The molecule has 0 spiro atoms. The fourth-order valence-electron chi connectivity index (χ4n) is 3.70. The Morgan fingerprint density at radius 3 is 2.59 bits per heavy atom. The number of rotatable bonds is 8. The Balaban J connectivity index is 1.73. The second-order valence-electron chi connectivity index (χ2n) is 7.60. The fourth-order valence-corrected chi connectivity index (χ4v) is 4.95. The SMILES string of the molecule is CCc1cc(SC(c2ccc(C(F)(F)F)cc2)c2cccc3[nH]ncc23)ccc1OCC(=O)O. The lowest BCUT2D eigenvalue weighted by molar-refractivity contribution is -0.139. The number of hydrogen-bond acceptors (Lipinski definition) is 4. The van der Waals surface area contributed by atoms with Gasteiger partial charge in [0.2, 0.25) is 0 Å². The van der Waals surface area contributed by atoms with Gasteiger partial charge in [0.1, 0.15) is 5.75 Å². The van der Waals surface area contributed by atoms with Crippen molar-refractivity contribution >= 4 is 28.6 Å². The van der Waals surface area contributed by atoms with E-state index in [-0.39, 0.29) is 5.25 Å². The number of halogens is 3. The van der Waals surface area contributed by atoms with Gasteiger partial charge in [-0.15, -0.1) is 11.8 Å². The van der Waals surface area contributed by atoms with Crippen LogP contribution >= 0.6 is 11.8 Å². The van der Waals surface area contributed by atoms with E-state index in [2.05, 4.69) is 10.2 Å². The van der Waals surface area contributed by atoms with Crippen molar-refractivity contribution in [1.29, 1.82) is 0 Å². The van der Waals surface area contributed by atoms with E-state index in [1.807, 2.05) is 37.3 Å². The van der Waals surface area contributed by atoms with Crippen molar-refractivity contribution in [2.75, 3.05) is 6.61 Å². The minimum absolute atomic E-state index is 0.306. The lowest BCUT2D eigenvalue weighted by atomic mass is 10.00. The third-order valence-corrected chi connectivity index (χ3v) is 6.65. The van der Waals surface area contributed by atoms with Crippen LogP contribution in [0.5, 0.6) is 5.75 Å². The Kier molecular flexibility index (Phi) is 6.83. The van der Waals surface area contributed by atoms with E-state index < -0.39 is 24.3 Å². The van der Waals surface area contributed by atoms with Crippen LogP contribution in [-0.4, -0.2) is 27.9 Å². The zero-order valence-corrected chi connectivity index (χ0v) is 18.9. The maximum atomic E-state index is 13.1. The summed E-state index contributed by atoms with van der Waals surface area (Å²) in [7, 11) is 0. The molecule has 5 nitrogen and oxygen atoms in total. The summed E-state index contributed by atoms with van der Waals surface area (Å²) in [6.45, 7) is 1.51. The maximum Gasteiger partial charge on any atom is 0.416 e. The molecule has 34 heavy (non-hydrogen) atoms. The van der Waals surface area contributed by atoms with Crippen LogP contribution in [0.15, 0.2) is 71.8 Å². The molecule has 1 unspecified atom stereocenters. The zero-order valence-electron chi connectivity index (χ0n) is 18.1. The molecule has 0 fully saturated rings. The van der Waals surface area contributed by atoms with Crippen LogP contribution in [0.2, 0.25) is 0 Å². The third-order valence-electron chi connectivity index (χ3n) is 5.36. The molecule has 176 valence electrons. The Hall–Kier alpha value is -3.46. The molecule has 0 radical (unpaired) electrons. The van der Waals surface area contributed by atoms with Crippen LogP contribution in [-0.2, 0) is 17.4 Å². The molecule has 9 heteroatoms. The minimum atomic E-state index is -4.41. The molecule has 1 atom stereocenters. The Morgan fingerprint density at radius 2 is 1.91 bits per heavy atom. The molecule has 0 aliphatic carbocycles. The van der Waals surface area contributed by atoms with E-state index in [0.717, 1.165) is 44.6 Å². The molecule has 0 amide bonds. The lowest BCUT2D eigenvalue weighted by Crippen LogP contribution is -2.10. The van der Waals surface area contributed by atoms with Gasteiger partial charge in [0.15, 0.2) is 6.61 Å². The fraction of sp³-hybridized carbons (Fsp3) is 0.200. The van der Waals surface area contributed by atoms with Crippen LogP contribution in [0, 0.1) is 0 Å². The highest BCUT2D eigenvalue weighted by atomic mass is 32.2. The first kappa shape index (κ1) is 23.7. The molecule has 0 saturated carbocycles. The third kappa shape index (κ3) is 5.20. The normalized spacial score (nSPS) is 12.6. The average Bonchev–Trinajstić information content (AvgIpc) is 3.30. The summed E-state index contributed by atoms with van der Waals surface area (Å²) >= 11 is 1.49. The van der Waals surface area contributed by atoms with Gasteiger partial charge in [-0.25, -0.2) is 4.79 Å². The summed E-state index contributed by atoms with van der Waals surface area (Å²) in [6, 6.07) is 16.4. The monoisotopic (exact) mass is 486 g/mol. The molecule has 0 bridgehead atoms. The first-order valence-electron chi connectivity index (χ1n) is 10.5. The molecule has 2 N–H and O–H groups in total. The number of aromatic amines is 1. The van der Waals surface area contributed by atoms with Crippen molar-refractivity contribution in [2.45, 2.75) is 29.7 Å². The number of carboxylic acids is 1. The lowest BCUT2D eigenvalue weighted by Gasteiger charge is -2.20. The number of carbonyl (C=O) groups is 1. The molecular weight excluding hydrogens is 465 g/mol. The zero-order chi connectivity index (χ0) is 24.3. The van der Waals surface area contributed by atoms with E-state index >= 15 is 0 Å². The molecule has 1 heterocycles. The van der Waals surface area contributed by atoms with Gasteiger partial charge >= 0.3 is 12.1 Å². The number of fused-ring (bicyclic) bond motifs is 1.